The first-order valence-corrected chi connectivity index (χ1v) is 15.1. The van der Waals surface area contributed by atoms with Crippen molar-refractivity contribution in [1.29, 1.82) is 5.41 Å². The van der Waals surface area contributed by atoms with Crippen LogP contribution in [-0.2, 0) is 0 Å². The van der Waals surface area contributed by atoms with E-state index in [0.29, 0.717) is 80.7 Å². The van der Waals surface area contributed by atoms with Crippen molar-refractivity contribution in [3.05, 3.63) is 101 Å². The molecule has 45 heavy (non-hydrogen) atoms. The van der Waals surface area contributed by atoms with Crippen LogP contribution in [0.25, 0.3) is 21.5 Å². The average Bonchev–Trinajstić information content (AvgIpc) is 3.05. The molecule has 0 saturated heterocycles. The third-order valence-corrected chi connectivity index (χ3v) is 8.58. The molecule has 4 aromatic carbocycles. The Morgan fingerprint density at radius 3 is 1.71 bits per heavy atom. The fraction of sp³-hybridized carbons (Fsp3) is 0.206. The topological polar surface area (TPSA) is 126 Å². The number of imide groups is 2. The van der Waals surface area contributed by atoms with Crippen LogP contribution in [0.3, 0.4) is 0 Å². The Labute approximate surface area is 264 Å². The molecule has 6 rings (SSSR count). The van der Waals surface area contributed by atoms with Crippen molar-refractivity contribution in [2.24, 2.45) is 0 Å². The number of hydrogen-bond acceptors (Lipinski definition) is 7. The lowest BCUT2D eigenvalue weighted by Gasteiger charge is -2.28. The monoisotopic (exact) mass is 622 g/mol. The van der Waals surface area contributed by atoms with Crippen LogP contribution in [0.2, 0.25) is 5.02 Å². The molecule has 0 bridgehead atoms. The lowest BCUT2D eigenvalue weighted by Crippen LogP contribution is -2.44. The molecule has 0 aliphatic carbocycles. The van der Waals surface area contributed by atoms with E-state index in [9.17, 15) is 19.2 Å². The first kappa shape index (κ1) is 30.1. The van der Waals surface area contributed by atoms with E-state index >= 15 is 0 Å². The van der Waals surface area contributed by atoms with Crippen LogP contribution in [-0.4, -0.2) is 79.0 Å². The van der Waals surface area contributed by atoms with E-state index in [2.05, 4.69) is 17.2 Å². The highest BCUT2D eigenvalue weighted by Crippen LogP contribution is 2.36. The third kappa shape index (κ3) is 5.27. The Bertz CT molecular complexity index is 1850. The second-order valence-electron chi connectivity index (χ2n) is 10.8. The molecule has 0 fully saturated rings. The van der Waals surface area contributed by atoms with Crippen molar-refractivity contribution in [2.75, 3.05) is 44.2 Å². The highest BCUT2D eigenvalue weighted by molar-refractivity contribution is 6.38. The zero-order valence-electron chi connectivity index (χ0n) is 24.4. The second kappa shape index (κ2) is 12.6. The number of amides is 4. The highest BCUT2D eigenvalue weighted by atomic mass is 35.5. The maximum atomic E-state index is 13.3. The molecular formula is C34H31ClN6O4. The molecule has 2 aliphatic heterocycles. The Kier molecular flexibility index (Phi) is 8.44. The molecule has 11 heteroatoms. The summed E-state index contributed by atoms with van der Waals surface area (Å²) in [5, 5.41) is 17.3. The van der Waals surface area contributed by atoms with Gasteiger partial charge in [-0.15, -0.1) is 0 Å². The van der Waals surface area contributed by atoms with Crippen LogP contribution in [0, 0.1) is 5.41 Å². The fourth-order valence-corrected chi connectivity index (χ4v) is 6.28. The van der Waals surface area contributed by atoms with Crippen molar-refractivity contribution < 1.29 is 19.2 Å². The van der Waals surface area contributed by atoms with Gasteiger partial charge in [-0.05, 0) is 55.9 Å². The number of carbonyl (C=O) groups excluding carboxylic acids is 4. The normalized spacial score (nSPS) is 14.1. The highest BCUT2D eigenvalue weighted by Gasteiger charge is 2.34. The molecule has 2 aliphatic rings. The standard InChI is InChI=1S/C34H31ClN6O4/c1-2-39(20-36)28-13-11-26-30-22(28)7-4-9-24(30)32(43)41(34(26)45)19-17-38-15-5-14-37-16-18-40-31(42)23-8-3-6-21-27(35)12-10-25(29(21)23)33(40)44/h2-4,6-13,20,36-38H,1,5,14-19H2. The summed E-state index contributed by atoms with van der Waals surface area (Å²) in [5.74, 6) is -1.34. The van der Waals surface area contributed by atoms with Crippen LogP contribution in [0.15, 0.2) is 73.4 Å². The number of benzene rings is 4. The molecule has 0 unspecified atom stereocenters. The molecule has 0 saturated carbocycles. The van der Waals surface area contributed by atoms with Gasteiger partial charge >= 0.3 is 0 Å². The fourth-order valence-electron chi connectivity index (χ4n) is 6.06. The van der Waals surface area contributed by atoms with Gasteiger partial charge in [0.05, 0.1) is 12.0 Å². The average molecular weight is 623 g/mol. The maximum Gasteiger partial charge on any atom is 0.261 e. The number of nitrogens with zero attached hydrogens (tertiary/aromatic N) is 3. The number of anilines is 1. The summed E-state index contributed by atoms with van der Waals surface area (Å²) in [6.07, 6.45) is 3.40. The molecular weight excluding hydrogens is 592 g/mol. The van der Waals surface area contributed by atoms with Gasteiger partial charge in [0.2, 0.25) is 0 Å². The van der Waals surface area contributed by atoms with Crippen molar-refractivity contribution in [2.45, 2.75) is 6.42 Å². The van der Waals surface area contributed by atoms with Crippen LogP contribution in [0.4, 0.5) is 5.69 Å². The van der Waals surface area contributed by atoms with Gasteiger partial charge in [0.25, 0.3) is 23.6 Å². The smallest absolute Gasteiger partial charge is 0.261 e. The van der Waals surface area contributed by atoms with E-state index in [0.717, 1.165) is 12.8 Å². The summed E-state index contributed by atoms with van der Waals surface area (Å²) in [4.78, 5) is 56.9. The van der Waals surface area contributed by atoms with E-state index in [-0.39, 0.29) is 36.7 Å². The molecule has 4 amide bonds. The van der Waals surface area contributed by atoms with Crippen LogP contribution >= 0.6 is 11.6 Å². The van der Waals surface area contributed by atoms with Crippen LogP contribution in [0.5, 0.6) is 0 Å². The van der Waals surface area contributed by atoms with Crippen LogP contribution in [0.1, 0.15) is 47.9 Å². The first-order chi connectivity index (χ1) is 21.9. The summed E-state index contributed by atoms with van der Waals surface area (Å²) in [6, 6.07) is 17.5. The maximum absolute atomic E-state index is 13.3. The van der Waals surface area contributed by atoms with Crippen LogP contribution < -0.4 is 15.5 Å². The minimum atomic E-state index is -0.345. The lowest BCUT2D eigenvalue weighted by molar-refractivity contribution is 0.0597. The molecule has 0 aromatic heterocycles. The van der Waals surface area contributed by atoms with Gasteiger partial charge in [-0.1, -0.05) is 42.4 Å². The molecule has 2 heterocycles. The van der Waals surface area contributed by atoms with Gasteiger partial charge < -0.3 is 15.5 Å². The second-order valence-corrected chi connectivity index (χ2v) is 11.2. The van der Waals surface area contributed by atoms with Gasteiger partial charge in [-0.3, -0.25) is 34.4 Å². The van der Waals surface area contributed by atoms with E-state index in [1.807, 2.05) is 12.1 Å². The molecule has 0 radical (unpaired) electrons. The number of rotatable bonds is 13. The molecule has 228 valence electrons. The van der Waals surface area contributed by atoms with E-state index in [4.69, 9.17) is 17.0 Å². The van der Waals surface area contributed by atoms with E-state index in [1.54, 1.807) is 48.5 Å². The summed E-state index contributed by atoms with van der Waals surface area (Å²) < 4.78 is 0. The molecule has 3 N–H and O–H groups in total. The minimum absolute atomic E-state index is 0.223. The molecule has 0 spiro atoms. The van der Waals surface area contributed by atoms with Crippen molar-refractivity contribution in [3.63, 3.8) is 0 Å². The largest absolute Gasteiger partial charge is 0.315 e. The molecule has 4 aromatic rings. The SMILES string of the molecule is C=CN(C=N)c1ccc2c3c(cccc13)C(=O)N(CCNCCCNCCN1C(=O)c3cccc4c(Cl)ccc(c34)C1=O)C2=O. The predicted molar refractivity (Wildman–Crippen MR) is 175 cm³/mol. The minimum Gasteiger partial charge on any atom is -0.315 e. The molecule has 0 atom stereocenters. The zero-order chi connectivity index (χ0) is 31.7. The number of nitrogens with one attached hydrogen (secondary N) is 3. The number of halogens is 1. The van der Waals surface area contributed by atoms with E-state index in [1.165, 1.54) is 20.9 Å². The third-order valence-electron chi connectivity index (χ3n) is 8.25. The van der Waals surface area contributed by atoms with Crippen molar-refractivity contribution in [1.82, 2.24) is 20.4 Å². The Hall–Kier alpha value is -4.90. The van der Waals surface area contributed by atoms with Gasteiger partial charge in [-0.2, -0.15) is 0 Å². The number of carbonyl (C=O) groups is 4. The zero-order valence-corrected chi connectivity index (χ0v) is 25.2. The van der Waals surface area contributed by atoms with Gasteiger partial charge in [-0.25, -0.2) is 0 Å². The summed E-state index contributed by atoms with van der Waals surface area (Å²) >= 11 is 6.29. The molecule has 10 nitrogen and oxygen atoms in total. The predicted octanol–water partition coefficient (Wildman–Crippen LogP) is 4.66. The van der Waals surface area contributed by atoms with Gasteiger partial charge in [0, 0.05) is 81.2 Å². The summed E-state index contributed by atoms with van der Waals surface area (Å²) in [7, 11) is 0. The lowest BCUT2D eigenvalue weighted by atomic mass is 9.93. The Balaban J connectivity index is 0.969. The van der Waals surface area contributed by atoms with Gasteiger partial charge in [0.1, 0.15) is 0 Å². The Morgan fingerprint density at radius 2 is 1.18 bits per heavy atom. The van der Waals surface area contributed by atoms with E-state index < -0.39 is 0 Å². The van der Waals surface area contributed by atoms with Gasteiger partial charge in [0.15, 0.2) is 0 Å². The number of hydrogen-bond donors (Lipinski definition) is 3. The summed E-state index contributed by atoms with van der Waals surface area (Å²) in [5.41, 5.74) is 2.54. The van der Waals surface area contributed by atoms with Crippen molar-refractivity contribution >= 4 is 68.8 Å². The van der Waals surface area contributed by atoms with Crippen molar-refractivity contribution in [3.8, 4) is 0 Å². The Morgan fingerprint density at radius 1 is 0.689 bits per heavy atom. The first-order valence-electron chi connectivity index (χ1n) is 14.7. The summed E-state index contributed by atoms with van der Waals surface area (Å²) in [6.45, 7) is 6.39. The quantitative estimate of drug-likeness (QED) is 0.0857.